The Labute approximate surface area is 171 Å². The molecule has 0 aromatic heterocycles. The van der Waals surface area contributed by atoms with E-state index < -0.39 is 0 Å². The van der Waals surface area contributed by atoms with Crippen molar-refractivity contribution in [3.05, 3.63) is 0 Å². The normalized spacial score (nSPS) is 24.4. The highest BCUT2D eigenvalue weighted by Crippen LogP contribution is 2.28. The second-order valence-electron chi connectivity index (χ2n) is 9.26. The molecule has 2 saturated heterocycles. The molecular formula is C22H40N4O2. The van der Waals surface area contributed by atoms with Crippen molar-refractivity contribution >= 4 is 11.9 Å². The fourth-order valence-electron chi connectivity index (χ4n) is 5.11. The van der Waals surface area contributed by atoms with E-state index in [0.29, 0.717) is 24.8 Å². The van der Waals surface area contributed by atoms with Gasteiger partial charge in [-0.25, -0.2) is 4.79 Å². The Morgan fingerprint density at radius 3 is 2.25 bits per heavy atom. The molecule has 3 fully saturated rings. The van der Waals surface area contributed by atoms with Crippen LogP contribution in [-0.4, -0.2) is 90.9 Å². The average Bonchev–Trinajstić information content (AvgIpc) is 3.19. The van der Waals surface area contributed by atoms with Gasteiger partial charge in [-0.2, -0.15) is 0 Å². The van der Waals surface area contributed by atoms with E-state index in [0.717, 1.165) is 39.1 Å². The number of nitrogens with zero attached hydrogens (tertiary/aromatic N) is 4. The number of piperidine rings is 1. The lowest BCUT2D eigenvalue weighted by Gasteiger charge is -2.34. The zero-order valence-corrected chi connectivity index (χ0v) is 18.1. The highest BCUT2D eigenvalue weighted by atomic mass is 16.2. The summed E-state index contributed by atoms with van der Waals surface area (Å²) in [5.41, 5.74) is 0. The van der Waals surface area contributed by atoms with Crippen LogP contribution in [0.1, 0.15) is 64.2 Å². The van der Waals surface area contributed by atoms with E-state index in [-0.39, 0.29) is 12.1 Å². The minimum absolute atomic E-state index is 0.0867. The van der Waals surface area contributed by atoms with Gasteiger partial charge >= 0.3 is 6.03 Å². The van der Waals surface area contributed by atoms with Crippen molar-refractivity contribution in [3.8, 4) is 0 Å². The summed E-state index contributed by atoms with van der Waals surface area (Å²) < 4.78 is 0. The fraction of sp³-hybridized carbons (Fsp3) is 0.909. The van der Waals surface area contributed by atoms with Crippen LogP contribution in [-0.2, 0) is 4.79 Å². The smallest absolute Gasteiger partial charge is 0.319 e. The van der Waals surface area contributed by atoms with E-state index in [1.807, 2.05) is 23.9 Å². The summed E-state index contributed by atoms with van der Waals surface area (Å²) in [6, 6.07) is 0.249. The molecule has 2 aliphatic heterocycles. The van der Waals surface area contributed by atoms with Crippen LogP contribution in [0.4, 0.5) is 4.79 Å². The number of carbonyl (C=O) groups excluding carboxylic acids is 2. The number of likely N-dealkylation sites (tertiary alicyclic amines) is 2. The quantitative estimate of drug-likeness (QED) is 0.698. The van der Waals surface area contributed by atoms with Crippen LogP contribution in [0, 0.1) is 5.92 Å². The van der Waals surface area contributed by atoms with E-state index in [1.165, 1.54) is 51.4 Å². The molecule has 3 amide bonds. The molecule has 3 rings (SSSR count). The predicted molar refractivity (Wildman–Crippen MR) is 112 cm³/mol. The summed E-state index contributed by atoms with van der Waals surface area (Å²) in [5.74, 6) is 0.890. The van der Waals surface area contributed by atoms with Crippen LogP contribution >= 0.6 is 0 Å². The van der Waals surface area contributed by atoms with Crippen molar-refractivity contribution in [1.82, 2.24) is 19.6 Å². The fourth-order valence-corrected chi connectivity index (χ4v) is 5.11. The maximum atomic E-state index is 12.8. The molecule has 28 heavy (non-hydrogen) atoms. The number of hydrogen-bond acceptors (Lipinski definition) is 3. The van der Waals surface area contributed by atoms with E-state index in [4.69, 9.17) is 0 Å². The molecule has 1 saturated carbocycles. The van der Waals surface area contributed by atoms with Crippen LogP contribution in [0.15, 0.2) is 0 Å². The first-order chi connectivity index (χ1) is 13.5. The van der Waals surface area contributed by atoms with Gasteiger partial charge in [0.05, 0.1) is 6.04 Å². The molecule has 1 aliphatic carbocycles. The summed E-state index contributed by atoms with van der Waals surface area (Å²) in [6.45, 7) is 5.54. The minimum Gasteiger partial charge on any atom is -0.341 e. The number of hydrogen-bond donors (Lipinski definition) is 0. The van der Waals surface area contributed by atoms with Crippen molar-refractivity contribution in [1.29, 1.82) is 0 Å². The second kappa shape index (κ2) is 10.5. The standard InChI is InChI=1S/C22H40N4O2/c1-23(2)22(28)26(16-15-24-12-7-4-8-13-24)20-11-14-25(18-20)21(27)17-19-9-5-3-6-10-19/h19-20H,3-18H2,1-2H3/t20-/m0/s1. The summed E-state index contributed by atoms with van der Waals surface area (Å²) >= 11 is 0. The van der Waals surface area contributed by atoms with Gasteiger partial charge in [-0.3, -0.25) is 4.79 Å². The molecular weight excluding hydrogens is 352 g/mol. The monoisotopic (exact) mass is 392 g/mol. The molecule has 0 aromatic rings. The van der Waals surface area contributed by atoms with Crippen LogP contribution in [0.5, 0.6) is 0 Å². The van der Waals surface area contributed by atoms with Gasteiger partial charge < -0.3 is 19.6 Å². The van der Waals surface area contributed by atoms with Gasteiger partial charge in [-0.05, 0) is 51.1 Å². The van der Waals surface area contributed by atoms with Crippen molar-refractivity contribution in [2.75, 3.05) is 53.4 Å². The number of carbonyl (C=O) groups is 2. The third-order valence-corrected chi connectivity index (χ3v) is 6.88. The minimum atomic E-state index is 0.0867. The molecule has 3 aliphatic rings. The lowest BCUT2D eigenvalue weighted by atomic mass is 9.87. The van der Waals surface area contributed by atoms with Crippen LogP contribution in [0.2, 0.25) is 0 Å². The van der Waals surface area contributed by atoms with Crippen LogP contribution in [0.3, 0.4) is 0 Å². The SMILES string of the molecule is CN(C)C(=O)N(CCN1CCCCC1)[C@H]1CCN(C(=O)CC2CCCCC2)C1. The molecule has 0 bridgehead atoms. The molecule has 0 N–H and O–H groups in total. The Morgan fingerprint density at radius 1 is 0.893 bits per heavy atom. The Bertz CT molecular complexity index is 513. The molecule has 160 valence electrons. The first kappa shape index (κ1) is 21.4. The van der Waals surface area contributed by atoms with E-state index in [2.05, 4.69) is 4.90 Å². The number of amides is 3. The molecule has 6 heteroatoms. The third-order valence-electron chi connectivity index (χ3n) is 6.88. The van der Waals surface area contributed by atoms with Gasteiger partial charge in [0.15, 0.2) is 0 Å². The highest BCUT2D eigenvalue weighted by molar-refractivity contribution is 5.77. The van der Waals surface area contributed by atoms with Crippen molar-refractivity contribution in [2.45, 2.75) is 70.3 Å². The highest BCUT2D eigenvalue weighted by Gasteiger charge is 2.34. The lowest BCUT2D eigenvalue weighted by molar-refractivity contribution is -0.131. The maximum absolute atomic E-state index is 12.8. The second-order valence-corrected chi connectivity index (χ2v) is 9.26. The molecule has 0 unspecified atom stereocenters. The largest absolute Gasteiger partial charge is 0.341 e. The van der Waals surface area contributed by atoms with Gasteiger partial charge in [-0.15, -0.1) is 0 Å². The zero-order chi connectivity index (χ0) is 19.9. The zero-order valence-electron chi connectivity index (χ0n) is 18.1. The van der Waals surface area contributed by atoms with Crippen molar-refractivity contribution < 1.29 is 9.59 Å². The first-order valence-corrected chi connectivity index (χ1v) is 11.5. The van der Waals surface area contributed by atoms with Crippen molar-refractivity contribution in [2.24, 2.45) is 5.92 Å². The molecule has 2 heterocycles. The first-order valence-electron chi connectivity index (χ1n) is 11.5. The number of rotatable bonds is 6. The lowest BCUT2D eigenvalue weighted by Crippen LogP contribution is -2.50. The molecule has 0 radical (unpaired) electrons. The predicted octanol–water partition coefficient (Wildman–Crippen LogP) is 3.03. The van der Waals surface area contributed by atoms with Gasteiger partial charge in [0.25, 0.3) is 0 Å². The third kappa shape index (κ3) is 5.85. The van der Waals surface area contributed by atoms with E-state index >= 15 is 0 Å². The van der Waals surface area contributed by atoms with Crippen molar-refractivity contribution in [3.63, 3.8) is 0 Å². The van der Waals surface area contributed by atoms with Crippen LogP contribution < -0.4 is 0 Å². The van der Waals surface area contributed by atoms with Crippen LogP contribution in [0.25, 0.3) is 0 Å². The van der Waals surface area contributed by atoms with Gasteiger partial charge in [0, 0.05) is 46.7 Å². The number of urea groups is 1. The summed E-state index contributed by atoms with van der Waals surface area (Å²) in [6.07, 6.45) is 11.8. The summed E-state index contributed by atoms with van der Waals surface area (Å²) in [7, 11) is 3.66. The van der Waals surface area contributed by atoms with Gasteiger partial charge in [0.1, 0.15) is 0 Å². The topological polar surface area (TPSA) is 47.1 Å². The van der Waals surface area contributed by atoms with Gasteiger partial charge in [0.2, 0.25) is 5.91 Å². The van der Waals surface area contributed by atoms with E-state index in [1.54, 1.807) is 4.90 Å². The Balaban J connectivity index is 1.52. The Kier molecular flexibility index (Phi) is 8.00. The Hall–Kier alpha value is -1.30. The van der Waals surface area contributed by atoms with E-state index in [9.17, 15) is 9.59 Å². The van der Waals surface area contributed by atoms with Gasteiger partial charge in [-0.1, -0.05) is 25.7 Å². The molecule has 6 nitrogen and oxygen atoms in total. The molecule has 0 spiro atoms. The maximum Gasteiger partial charge on any atom is 0.319 e. The molecule has 0 aromatic carbocycles. The summed E-state index contributed by atoms with van der Waals surface area (Å²) in [4.78, 5) is 33.8. The Morgan fingerprint density at radius 2 is 1.57 bits per heavy atom. The summed E-state index contributed by atoms with van der Waals surface area (Å²) in [5, 5.41) is 0. The average molecular weight is 393 g/mol. The molecule has 1 atom stereocenters.